The molecule has 0 unspecified atom stereocenters. The highest BCUT2D eigenvalue weighted by molar-refractivity contribution is 6.31. The van der Waals surface area contributed by atoms with Gasteiger partial charge in [0.15, 0.2) is 5.69 Å². The predicted octanol–water partition coefficient (Wildman–Crippen LogP) is 3.28. The first-order chi connectivity index (χ1) is 8.90. The fraction of sp³-hybridized carbons (Fsp3) is 0.333. The quantitative estimate of drug-likeness (QED) is 0.867. The van der Waals surface area contributed by atoms with Gasteiger partial charge in [0.1, 0.15) is 5.02 Å². The lowest BCUT2D eigenvalue weighted by molar-refractivity contribution is -0.276. The van der Waals surface area contributed by atoms with Crippen LogP contribution in [0.25, 0.3) is 0 Å². The van der Waals surface area contributed by atoms with E-state index in [1.165, 1.54) is 0 Å². The summed E-state index contributed by atoms with van der Waals surface area (Å²) >= 11 is 5.29. The summed E-state index contributed by atoms with van der Waals surface area (Å²) < 4.78 is 77.0. The minimum absolute atomic E-state index is 0.423. The molecule has 0 saturated heterocycles. The highest BCUT2D eigenvalue weighted by atomic mass is 35.5. The van der Waals surface area contributed by atoms with E-state index < -0.39 is 47.1 Å². The minimum Gasteiger partial charge on any atom is -0.481 e. The van der Waals surface area contributed by atoms with Gasteiger partial charge in [-0.2, -0.15) is 13.2 Å². The molecule has 11 heteroatoms. The molecule has 1 aromatic rings. The lowest BCUT2D eigenvalue weighted by Crippen LogP contribution is -2.21. The topological polar surface area (TPSA) is 59.4 Å². The highest BCUT2D eigenvalue weighted by Gasteiger charge is 2.39. The van der Waals surface area contributed by atoms with Crippen LogP contribution in [-0.2, 0) is 17.4 Å². The van der Waals surface area contributed by atoms with Gasteiger partial charge in [-0.1, -0.05) is 11.6 Å². The number of halogens is 7. The summed E-state index contributed by atoms with van der Waals surface area (Å²) in [5, 5.41) is 7.57. The molecule has 0 aliphatic heterocycles. The smallest absolute Gasteiger partial charge is 0.481 e. The monoisotopic (exact) mass is 323 g/mol. The van der Waals surface area contributed by atoms with Gasteiger partial charge in [0.05, 0.1) is 6.42 Å². The van der Waals surface area contributed by atoms with Crippen LogP contribution in [0.4, 0.5) is 26.3 Å². The van der Waals surface area contributed by atoms with Crippen LogP contribution in [0, 0.1) is 0 Å². The molecule has 0 spiro atoms. The van der Waals surface area contributed by atoms with E-state index in [-0.39, 0.29) is 0 Å². The van der Waals surface area contributed by atoms with E-state index in [2.05, 4.69) is 9.72 Å². The number of pyridine rings is 1. The van der Waals surface area contributed by atoms with E-state index in [9.17, 15) is 31.1 Å². The maximum absolute atomic E-state index is 12.6. The third-order valence-corrected chi connectivity index (χ3v) is 2.12. The van der Waals surface area contributed by atoms with Gasteiger partial charge in [0.2, 0.25) is 5.88 Å². The van der Waals surface area contributed by atoms with E-state index in [4.69, 9.17) is 16.7 Å². The first kappa shape index (κ1) is 16.3. The van der Waals surface area contributed by atoms with Gasteiger partial charge in [-0.05, 0) is 11.6 Å². The van der Waals surface area contributed by atoms with Crippen molar-refractivity contribution in [2.24, 2.45) is 0 Å². The zero-order chi connectivity index (χ0) is 15.7. The Hall–Kier alpha value is -1.71. The van der Waals surface area contributed by atoms with Gasteiger partial charge in [0.25, 0.3) is 0 Å². The number of rotatable bonds is 3. The SMILES string of the molecule is O=C(O)Cc1cc(Cl)c(OC(F)(F)F)nc1C(F)(F)F. The average Bonchev–Trinajstić information content (AvgIpc) is 2.17. The molecule has 0 aromatic carbocycles. The standard InChI is InChI=1S/C9H4ClF6NO3/c10-4-1-3(2-5(18)19)6(8(11,12)13)17-7(4)20-9(14,15)16/h1H,2H2,(H,18,19). The molecule has 4 nitrogen and oxygen atoms in total. The predicted molar refractivity (Wildman–Crippen MR) is 52.3 cm³/mol. The Labute approximate surface area is 111 Å². The van der Waals surface area contributed by atoms with Crippen LogP contribution in [-0.4, -0.2) is 22.4 Å². The van der Waals surface area contributed by atoms with Crippen molar-refractivity contribution in [2.45, 2.75) is 19.0 Å². The second kappa shape index (κ2) is 5.35. The molecule has 1 N–H and O–H groups in total. The fourth-order valence-corrected chi connectivity index (χ4v) is 1.45. The largest absolute Gasteiger partial charge is 0.574 e. The van der Waals surface area contributed by atoms with E-state index in [0.29, 0.717) is 6.07 Å². The second-order valence-electron chi connectivity index (χ2n) is 3.40. The summed E-state index contributed by atoms with van der Waals surface area (Å²) in [6.07, 6.45) is -11.5. The molecule has 1 rings (SSSR count). The lowest BCUT2D eigenvalue weighted by Gasteiger charge is -2.15. The van der Waals surface area contributed by atoms with E-state index >= 15 is 0 Å². The minimum atomic E-state index is -5.28. The fourth-order valence-electron chi connectivity index (χ4n) is 1.23. The van der Waals surface area contributed by atoms with E-state index in [0.717, 1.165) is 0 Å². The zero-order valence-corrected chi connectivity index (χ0v) is 9.90. The molecule has 0 atom stereocenters. The van der Waals surface area contributed by atoms with Gasteiger partial charge >= 0.3 is 18.5 Å². The number of hydrogen-bond donors (Lipinski definition) is 1. The highest BCUT2D eigenvalue weighted by Crippen LogP contribution is 2.36. The molecule has 0 amide bonds. The number of carboxylic acids is 1. The van der Waals surface area contributed by atoms with Gasteiger partial charge in [-0.15, -0.1) is 13.2 Å². The molecule has 0 aliphatic carbocycles. The summed E-state index contributed by atoms with van der Waals surface area (Å²) in [5.74, 6) is -3.13. The molecule has 0 fully saturated rings. The van der Waals surface area contributed by atoms with Gasteiger partial charge in [0, 0.05) is 0 Å². The van der Waals surface area contributed by atoms with Crippen LogP contribution >= 0.6 is 11.6 Å². The molecule has 0 bridgehead atoms. The van der Waals surface area contributed by atoms with Crippen LogP contribution in [0.2, 0.25) is 5.02 Å². The number of hydrogen-bond acceptors (Lipinski definition) is 3. The number of nitrogens with zero attached hydrogens (tertiary/aromatic N) is 1. The molecule has 0 aliphatic rings. The Bertz CT molecular complexity index is 528. The second-order valence-corrected chi connectivity index (χ2v) is 3.81. The van der Waals surface area contributed by atoms with Crippen molar-refractivity contribution in [3.05, 3.63) is 22.3 Å². The molecule has 112 valence electrons. The Morgan fingerprint density at radius 1 is 1.30 bits per heavy atom. The number of aliphatic carboxylic acids is 1. The Morgan fingerprint density at radius 3 is 2.25 bits per heavy atom. The van der Waals surface area contributed by atoms with Crippen LogP contribution in [0.3, 0.4) is 0 Å². The molecular weight excluding hydrogens is 320 g/mol. The number of alkyl halides is 6. The van der Waals surface area contributed by atoms with Crippen molar-refractivity contribution < 1.29 is 41.0 Å². The molecule has 1 aromatic heterocycles. The van der Waals surface area contributed by atoms with Gasteiger partial charge < -0.3 is 9.84 Å². The third kappa shape index (κ3) is 4.44. The number of ether oxygens (including phenoxy) is 1. The number of carboxylic acid groups (broad SMARTS) is 1. The summed E-state index contributed by atoms with van der Waals surface area (Å²) in [7, 11) is 0. The molecular formula is C9H4ClF6NO3. The molecule has 0 saturated carbocycles. The zero-order valence-electron chi connectivity index (χ0n) is 9.14. The maximum Gasteiger partial charge on any atom is 0.574 e. The van der Waals surface area contributed by atoms with Gasteiger partial charge in [-0.25, -0.2) is 4.98 Å². The van der Waals surface area contributed by atoms with Gasteiger partial charge in [-0.3, -0.25) is 4.79 Å². The summed E-state index contributed by atoms with van der Waals surface area (Å²) in [6.45, 7) is 0. The first-order valence-corrected chi connectivity index (χ1v) is 5.02. The molecule has 1 heterocycles. The van der Waals surface area contributed by atoms with Crippen molar-refractivity contribution in [3.63, 3.8) is 0 Å². The molecule has 0 radical (unpaired) electrons. The van der Waals surface area contributed by atoms with Crippen molar-refractivity contribution in [3.8, 4) is 5.88 Å². The van der Waals surface area contributed by atoms with E-state index in [1.807, 2.05) is 0 Å². The van der Waals surface area contributed by atoms with Crippen molar-refractivity contribution in [2.75, 3.05) is 0 Å². The Balaban J connectivity index is 3.36. The van der Waals surface area contributed by atoms with E-state index in [1.54, 1.807) is 0 Å². The summed E-state index contributed by atoms with van der Waals surface area (Å²) in [4.78, 5) is 13.0. The van der Waals surface area contributed by atoms with Crippen LogP contribution in [0.5, 0.6) is 5.88 Å². The van der Waals surface area contributed by atoms with Crippen molar-refractivity contribution >= 4 is 17.6 Å². The van der Waals surface area contributed by atoms with Crippen LogP contribution in [0.15, 0.2) is 6.07 Å². The van der Waals surface area contributed by atoms with Crippen LogP contribution in [0.1, 0.15) is 11.3 Å². The normalized spacial score (nSPS) is 12.3. The van der Waals surface area contributed by atoms with Crippen molar-refractivity contribution in [1.82, 2.24) is 4.98 Å². The third-order valence-electron chi connectivity index (χ3n) is 1.85. The first-order valence-electron chi connectivity index (χ1n) is 4.64. The lowest BCUT2D eigenvalue weighted by atomic mass is 10.1. The number of aromatic nitrogens is 1. The average molecular weight is 324 g/mol. The Kier molecular flexibility index (Phi) is 4.37. The summed E-state index contributed by atoms with van der Waals surface area (Å²) in [5.41, 5.74) is -2.67. The maximum atomic E-state index is 12.6. The van der Waals surface area contributed by atoms with Crippen LogP contribution < -0.4 is 4.74 Å². The molecule has 20 heavy (non-hydrogen) atoms. The summed E-state index contributed by atoms with van der Waals surface area (Å²) in [6, 6.07) is 0.423. The van der Waals surface area contributed by atoms with Crippen molar-refractivity contribution in [1.29, 1.82) is 0 Å². The Morgan fingerprint density at radius 2 is 1.85 bits per heavy atom. The number of carbonyl (C=O) groups is 1.